The first-order valence-electron chi connectivity index (χ1n) is 8.19. The Bertz CT molecular complexity index is 705. The molecule has 0 unspecified atom stereocenters. The molecule has 0 bridgehead atoms. The molecule has 1 aliphatic rings. The minimum Gasteiger partial charge on any atom is -0.494 e. The topological polar surface area (TPSA) is 71.0 Å². The second-order valence-electron chi connectivity index (χ2n) is 6.44. The summed E-state index contributed by atoms with van der Waals surface area (Å²) in [7, 11) is -1.35. The van der Waals surface area contributed by atoms with Crippen molar-refractivity contribution >= 4 is 39.8 Å². The molecule has 8 heteroatoms. The fraction of sp³-hybridized carbons (Fsp3) is 0.588. The van der Waals surface area contributed by atoms with Gasteiger partial charge in [-0.3, -0.25) is 4.99 Å². The number of nitrogens with one attached hydrogen (secondary N) is 1. The molecule has 6 nitrogen and oxygen atoms in total. The molecular weight excluding hydrogens is 453 g/mol. The standard InChI is InChI=1S/C17H27N3O3S.HI/c1-5-23-15-9-7-6-8-14(15)12-19-16(18-4)20-10-11-24(21,22)17(2,3)13-20;/h6-9H,5,10-13H2,1-4H3,(H,18,19);1H. The Morgan fingerprint density at radius 1 is 1.36 bits per heavy atom. The average molecular weight is 481 g/mol. The van der Waals surface area contributed by atoms with Crippen LogP contribution in [0, 0.1) is 0 Å². The molecule has 0 saturated carbocycles. The summed E-state index contributed by atoms with van der Waals surface area (Å²) in [6.07, 6.45) is 0. The predicted octanol–water partition coefficient (Wildman–Crippen LogP) is 2.29. The van der Waals surface area contributed by atoms with Crippen LogP contribution < -0.4 is 10.1 Å². The number of nitrogens with zero attached hydrogens (tertiary/aromatic N) is 2. The van der Waals surface area contributed by atoms with Crippen molar-refractivity contribution in [2.24, 2.45) is 4.99 Å². The van der Waals surface area contributed by atoms with E-state index in [0.29, 0.717) is 32.2 Å². The number of guanidine groups is 1. The number of sulfone groups is 1. The highest BCUT2D eigenvalue weighted by molar-refractivity contribution is 14.0. The summed E-state index contributed by atoms with van der Waals surface area (Å²) in [4.78, 5) is 6.32. The van der Waals surface area contributed by atoms with E-state index in [2.05, 4.69) is 10.3 Å². The summed E-state index contributed by atoms with van der Waals surface area (Å²) in [5.74, 6) is 1.71. The molecule has 0 aromatic heterocycles. The summed E-state index contributed by atoms with van der Waals surface area (Å²) in [6.45, 7) is 7.58. The normalized spacial score (nSPS) is 19.0. The van der Waals surface area contributed by atoms with Gasteiger partial charge < -0.3 is 15.0 Å². The summed E-state index contributed by atoms with van der Waals surface area (Å²) in [5, 5.41) is 3.32. The van der Waals surface area contributed by atoms with Crippen LogP contribution in [0.1, 0.15) is 26.3 Å². The zero-order valence-electron chi connectivity index (χ0n) is 15.3. The minimum atomic E-state index is -3.06. The Balaban J connectivity index is 0.00000312. The maximum absolute atomic E-state index is 12.2. The molecule has 1 heterocycles. The van der Waals surface area contributed by atoms with Crippen LogP contribution >= 0.6 is 24.0 Å². The number of halogens is 1. The van der Waals surface area contributed by atoms with Crippen molar-refractivity contribution in [2.45, 2.75) is 32.1 Å². The zero-order chi connectivity index (χ0) is 17.8. The van der Waals surface area contributed by atoms with Gasteiger partial charge in [-0.25, -0.2) is 8.42 Å². The van der Waals surface area contributed by atoms with E-state index in [1.54, 1.807) is 20.9 Å². The summed E-state index contributed by atoms with van der Waals surface area (Å²) in [5.41, 5.74) is 1.05. The van der Waals surface area contributed by atoms with Crippen LogP contribution in [0.5, 0.6) is 5.75 Å². The third-order valence-corrected chi connectivity index (χ3v) is 6.80. The smallest absolute Gasteiger partial charge is 0.193 e. The molecule has 1 aromatic carbocycles. The highest BCUT2D eigenvalue weighted by Gasteiger charge is 2.40. The van der Waals surface area contributed by atoms with Crippen molar-refractivity contribution in [1.82, 2.24) is 10.2 Å². The maximum atomic E-state index is 12.2. The zero-order valence-corrected chi connectivity index (χ0v) is 18.4. The van der Waals surface area contributed by atoms with E-state index < -0.39 is 14.6 Å². The van der Waals surface area contributed by atoms with Gasteiger partial charge in [0.15, 0.2) is 15.8 Å². The molecule has 2 rings (SSSR count). The molecule has 0 atom stereocenters. The van der Waals surface area contributed by atoms with Crippen molar-refractivity contribution < 1.29 is 13.2 Å². The van der Waals surface area contributed by atoms with Crippen molar-refractivity contribution in [3.05, 3.63) is 29.8 Å². The van der Waals surface area contributed by atoms with E-state index >= 15 is 0 Å². The fourth-order valence-corrected chi connectivity index (χ4v) is 4.14. The molecule has 142 valence electrons. The Morgan fingerprint density at radius 3 is 2.64 bits per heavy atom. The highest BCUT2D eigenvalue weighted by Crippen LogP contribution is 2.24. The lowest BCUT2D eigenvalue weighted by molar-refractivity contribution is 0.334. The van der Waals surface area contributed by atoms with Crippen LogP contribution in [0.3, 0.4) is 0 Å². The van der Waals surface area contributed by atoms with Gasteiger partial charge in [0.25, 0.3) is 0 Å². The van der Waals surface area contributed by atoms with Crippen LogP contribution in [0.25, 0.3) is 0 Å². The third-order valence-electron chi connectivity index (χ3n) is 4.26. The van der Waals surface area contributed by atoms with Gasteiger partial charge in [0.2, 0.25) is 0 Å². The molecule has 0 radical (unpaired) electrons. The minimum absolute atomic E-state index is 0. The molecule has 0 aliphatic carbocycles. The van der Waals surface area contributed by atoms with E-state index in [4.69, 9.17) is 4.74 Å². The monoisotopic (exact) mass is 481 g/mol. The Morgan fingerprint density at radius 2 is 2.04 bits per heavy atom. The summed E-state index contributed by atoms with van der Waals surface area (Å²) < 4.78 is 29.2. The third kappa shape index (κ3) is 5.22. The number of ether oxygens (including phenoxy) is 1. The SMILES string of the molecule is CCOc1ccccc1CNC(=NC)N1CCS(=O)(=O)C(C)(C)C1.I. The van der Waals surface area contributed by atoms with Crippen LogP contribution in [-0.2, 0) is 16.4 Å². The summed E-state index contributed by atoms with van der Waals surface area (Å²) in [6, 6.07) is 7.87. The molecule has 1 saturated heterocycles. The average Bonchev–Trinajstić information content (AvgIpc) is 2.53. The molecule has 1 aliphatic heterocycles. The van der Waals surface area contributed by atoms with Gasteiger partial charge in [-0.15, -0.1) is 24.0 Å². The largest absolute Gasteiger partial charge is 0.494 e. The number of benzene rings is 1. The van der Waals surface area contributed by atoms with Crippen molar-refractivity contribution in [2.75, 3.05) is 32.5 Å². The summed E-state index contributed by atoms with van der Waals surface area (Å²) >= 11 is 0. The van der Waals surface area contributed by atoms with Crippen molar-refractivity contribution in [3.8, 4) is 5.75 Å². The number of aliphatic imine (C=N–C) groups is 1. The van der Waals surface area contributed by atoms with Crippen LogP contribution in [-0.4, -0.2) is 56.5 Å². The first kappa shape index (κ1) is 22.0. The molecular formula is C17H28IN3O3S. The van der Waals surface area contributed by atoms with Crippen LogP contribution in [0.15, 0.2) is 29.3 Å². The van der Waals surface area contributed by atoms with Gasteiger partial charge in [0, 0.05) is 32.2 Å². The Labute approximate surface area is 168 Å². The Hall–Kier alpha value is -1.03. The van der Waals surface area contributed by atoms with E-state index in [-0.39, 0.29) is 29.7 Å². The number of rotatable bonds is 4. The molecule has 1 N–H and O–H groups in total. The van der Waals surface area contributed by atoms with E-state index in [1.165, 1.54) is 0 Å². The predicted molar refractivity (Wildman–Crippen MR) is 113 cm³/mol. The van der Waals surface area contributed by atoms with Gasteiger partial charge in [0.05, 0.1) is 17.1 Å². The van der Waals surface area contributed by atoms with Gasteiger partial charge in [-0.05, 0) is 26.8 Å². The molecule has 0 spiro atoms. The first-order valence-corrected chi connectivity index (χ1v) is 9.84. The lowest BCUT2D eigenvalue weighted by Crippen LogP contribution is -2.57. The van der Waals surface area contributed by atoms with Gasteiger partial charge >= 0.3 is 0 Å². The molecule has 0 amide bonds. The highest BCUT2D eigenvalue weighted by atomic mass is 127. The van der Waals surface area contributed by atoms with E-state index in [9.17, 15) is 8.42 Å². The Kier molecular flexibility index (Phi) is 7.98. The number of hydrogen-bond acceptors (Lipinski definition) is 4. The van der Waals surface area contributed by atoms with Gasteiger partial charge in [-0.1, -0.05) is 18.2 Å². The molecule has 25 heavy (non-hydrogen) atoms. The van der Waals surface area contributed by atoms with Gasteiger partial charge in [-0.2, -0.15) is 0 Å². The van der Waals surface area contributed by atoms with Crippen LogP contribution in [0.4, 0.5) is 0 Å². The quantitative estimate of drug-likeness (QED) is 0.406. The maximum Gasteiger partial charge on any atom is 0.193 e. The molecule has 1 fully saturated rings. The first-order chi connectivity index (χ1) is 11.3. The second-order valence-corrected chi connectivity index (χ2v) is 9.18. The van der Waals surface area contributed by atoms with E-state index in [1.807, 2.05) is 36.1 Å². The lowest BCUT2D eigenvalue weighted by atomic mass is 10.2. The number of para-hydroxylation sites is 1. The van der Waals surface area contributed by atoms with Crippen LogP contribution in [0.2, 0.25) is 0 Å². The van der Waals surface area contributed by atoms with Crippen molar-refractivity contribution in [1.29, 1.82) is 0 Å². The fourth-order valence-electron chi connectivity index (χ4n) is 2.78. The second kappa shape index (κ2) is 9.07. The van der Waals surface area contributed by atoms with Gasteiger partial charge in [0.1, 0.15) is 5.75 Å². The van der Waals surface area contributed by atoms with Crippen molar-refractivity contribution in [3.63, 3.8) is 0 Å². The number of hydrogen-bond donors (Lipinski definition) is 1. The lowest BCUT2D eigenvalue weighted by Gasteiger charge is -2.39. The molecule has 1 aromatic rings. The van der Waals surface area contributed by atoms with E-state index in [0.717, 1.165) is 11.3 Å².